The van der Waals surface area contributed by atoms with Gasteiger partial charge in [-0.1, -0.05) is 0 Å². The van der Waals surface area contributed by atoms with Crippen molar-refractivity contribution in [3.8, 4) is 0 Å². The Kier molecular flexibility index (Phi) is 2.67. The summed E-state index contributed by atoms with van der Waals surface area (Å²) in [5.41, 5.74) is 6.99. The van der Waals surface area contributed by atoms with Gasteiger partial charge in [0.1, 0.15) is 0 Å². The summed E-state index contributed by atoms with van der Waals surface area (Å²) in [4.78, 5) is 10.3. The quantitative estimate of drug-likeness (QED) is 0.648. The fourth-order valence-electron chi connectivity index (χ4n) is 1.26. The Hall–Kier alpha value is -1.44. The number of amides is 1. The Morgan fingerprint density at radius 3 is 2.93 bits per heavy atom. The molecule has 2 aromatic rings. The van der Waals surface area contributed by atoms with E-state index >= 15 is 0 Å². The van der Waals surface area contributed by atoms with E-state index in [9.17, 15) is 4.79 Å². The number of hydrogen-bond donors (Lipinski definition) is 2. The van der Waals surface area contributed by atoms with E-state index in [2.05, 4.69) is 38.1 Å². The molecule has 0 aliphatic heterocycles. The lowest BCUT2D eigenvalue weighted by Crippen LogP contribution is -2.04. The molecule has 15 heavy (non-hydrogen) atoms. The summed E-state index contributed by atoms with van der Waals surface area (Å²) < 4.78 is 1.05. The SMILES string of the molecule is Nc1c(NC=O)nnc2ccc(I)cc12. The maximum atomic E-state index is 10.3. The summed E-state index contributed by atoms with van der Waals surface area (Å²) in [5.74, 6) is 0.291. The maximum Gasteiger partial charge on any atom is 0.212 e. The molecule has 1 amide bonds. The number of aromatic nitrogens is 2. The van der Waals surface area contributed by atoms with Gasteiger partial charge in [-0.2, -0.15) is 0 Å². The Balaban J connectivity index is 2.70. The summed E-state index contributed by atoms with van der Waals surface area (Å²) in [7, 11) is 0. The lowest BCUT2D eigenvalue weighted by molar-refractivity contribution is -0.105. The number of benzene rings is 1. The van der Waals surface area contributed by atoms with E-state index in [4.69, 9.17) is 5.73 Å². The molecule has 0 saturated carbocycles. The summed E-state index contributed by atoms with van der Waals surface area (Å²) >= 11 is 2.18. The Bertz CT molecular complexity index is 529. The summed E-state index contributed by atoms with van der Waals surface area (Å²) in [6.45, 7) is 0. The first-order valence-electron chi connectivity index (χ1n) is 4.14. The van der Waals surface area contributed by atoms with Crippen LogP contribution < -0.4 is 11.1 Å². The monoisotopic (exact) mass is 314 g/mol. The van der Waals surface area contributed by atoms with Gasteiger partial charge in [0.2, 0.25) is 6.41 Å². The lowest BCUT2D eigenvalue weighted by atomic mass is 10.2. The number of rotatable bonds is 2. The lowest BCUT2D eigenvalue weighted by Gasteiger charge is -2.05. The van der Waals surface area contributed by atoms with Crippen LogP contribution in [-0.4, -0.2) is 16.6 Å². The van der Waals surface area contributed by atoms with Crippen molar-refractivity contribution in [2.75, 3.05) is 11.1 Å². The average Bonchev–Trinajstić information content (AvgIpc) is 2.23. The van der Waals surface area contributed by atoms with Crippen LogP contribution in [0.5, 0.6) is 0 Å². The number of nitrogen functional groups attached to an aromatic ring is 1. The minimum absolute atomic E-state index is 0.291. The van der Waals surface area contributed by atoms with Crippen LogP contribution in [0.4, 0.5) is 11.5 Å². The van der Waals surface area contributed by atoms with Gasteiger partial charge in [-0.3, -0.25) is 4.79 Å². The fraction of sp³-hybridized carbons (Fsp3) is 0. The Morgan fingerprint density at radius 1 is 1.40 bits per heavy atom. The topological polar surface area (TPSA) is 80.9 Å². The number of anilines is 2. The third-order valence-corrected chi connectivity index (χ3v) is 2.63. The molecule has 1 aromatic heterocycles. The molecule has 0 aliphatic rings. The van der Waals surface area contributed by atoms with E-state index in [1.807, 2.05) is 18.2 Å². The van der Waals surface area contributed by atoms with Gasteiger partial charge in [-0.25, -0.2) is 0 Å². The zero-order valence-electron chi connectivity index (χ0n) is 7.57. The molecule has 0 aliphatic carbocycles. The number of nitrogens with one attached hydrogen (secondary N) is 1. The second-order valence-corrected chi connectivity index (χ2v) is 4.13. The van der Waals surface area contributed by atoms with Crippen LogP contribution >= 0.6 is 22.6 Å². The number of halogens is 1. The molecule has 0 fully saturated rings. The highest BCUT2D eigenvalue weighted by Crippen LogP contribution is 2.25. The van der Waals surface area contributed by atoms with Crippen LogP contribution in [0.2, 0.25) is 0 Å². The van der Waals surface area contributed by atoms with Crippen molar-refractivity contribution in [3.63, 3.8) is 0 Å². The highest BCUT2D eigenvalue weighted by atomic mass is 127. The molecule has 76 valence electrons. The van der Waals surface area contributed by atoms with Crippen LogP contribution in [0.25, 0.3) is 10.9 Å². The molecule has 0 unspecified atom stereocenters. The van der Waals surface area contributed by atoms with E-state index in [1.165, 1.54) is 0 Å². The van der Waals surface area contributed by atoms with E-state index < -0.39 is 0 Å². The molecule has 0 atom stereocenters. The second kappa shape index (κ2) is 3.97. The van der Waals surface area contributed by atoms with Crippen molar-refractivity contribution in [1.82, 2.24) is 10.2 Å². The van der Waals surface area contributed by atoms with E-state index in [-0.39, 0.29) is 0 Å². The van der Waals surface area contributed by atoms with Gasteiger partial charge in [-0.15, -0.1) is 10.2 Å². The Morgan fingerprint density at radius 2 is 2.20 bits per heavy atom. The maximum absolute atomic E-state index is 10.3. The molecule has 1 heterocycles. The molecule has 3 N–H and O–H groups in total. The smallest absolute Gasteiger partial charge is 0.212 e. The zero-order valence-corrected chi connectivity index (χ0v) is 9.72. The molecule has 5 nitrogen and oxygen atoms in total. The van der Waals surface area contributed by atoms with Crippen molar-refractivity contribution >= 4 is 51.4 Å². The first-order chi connectivity index (χ1) is 7.22. The van der Waals surface area contributed by atoms with Crippen LogP contribution in [0, 0.1) is 3.57 Å². The number of carbonyl (C=O) groups excluding carboxylic acids is 1. The number of fused-ring (bicyclic) bond motifs is 1. The number of nitrogens with zero attached hydrogens (tertiary/aromatic N) is 2. The fourth-order valence-corrected chi connectivity index (χ4v) is 1.75. The summed E-state index contributed by atoms with van der Waals surface area (Å²) in [6.07, 6.45) is 0.528. The van der Waals surface area contributed by atoms with Crippen molar-refractivity contribution in [2.45, 2.75) is 0 Å². The van der Waals surface area contributed by atoms with Crippen molar-refractivity contribution in [3.05, 3.63) is 21.8 Å². The molecule has 0 radical (unpaired) electrons. The third-order valence-electron chi connectivity index (χ3n) is 1.96. The number of carbonyl (C=O) groups is 1. The van der Waals surface area contributed by atoms with Gasteiger partial charge in [-0.05, 0) is 40.8 Å². The van der Waals surface area contributed by atoms with Gasteiger partial charge < -0.3 is 11.1 Å². The molecule has 2 rings (SSSR count). The van der Waals surface area contributed by atoms with Crippen molar-refractivity contribution < 1.29 is 4.79 Å². The standard InChI is InChI=1S/C9H7IN4O/c10-5-1-2-7-6(3-5)8(11)9(12-4-15)14-13-7/h1-4H,(H2,11,13)(H,12,14,15). The van der Waals surface area contributed by atoms with E-state index in [1.54, 1.807) is 0 Å². The zero-order chi connectivity index (χ0) is 10.8. The predicted octanol–water partition coefficient (Wildman–Crippen LogP) is 1.38. The second-order valence-electron chi connectivity index (χ2n) is 2.89. The van der Waals surface area contributed by atoms with Crippen LogP contribution in [0.1, 0.15) is 0 Å². The molecule has 0 bridgehead atoms. The molecule has 6 heteroatoms. The normalized spacial score (nSPS) is 10.2. The number of nitrogens with two attached hydrogens (primary N) is 1. The third kappa shape index (κ3) is 1.84. The van der Waals surface area contributed by atoms with E-state index in [0.717, 1.165) is 8.96 Å². The highest BCUT2D eigenvalue weighted by Gasteiger charge is 2.06. The van der Waals surface area contributed by atoms with Crippen molar-refractivity contribution in [1.29, 1.82) is 0 Å². The predicted molar refractivity (Wildman–Crippen MR) is 66.4 cm³/mol. The van der Waals surface area contributed by atoms with Crippen LogP contribution in [0.3, 0.4) is 0 Å². The largest absolute Gasteiger partial charge is 0.395 e. The van der Waals surface area contributed by atoms with Gasteiger partial charge in [0, 0.05) is 8.96 Å². The minimum atomic E-state index is 0.291. The molecule has 1 aromatic carbocycles. The minimum Gasteiger partial charge on any atom is -0.395 e. The van der Waals surface area contributed by atoms with Gasteiger partial charge in [0.25, 0.3) is 0 Å². The van der Waals surface area contributed by atoms with Gasteiger partial charge in [0.15, 0.2) is 5.82 Å². The average molecular weight is 314 g/mol. The summed E-state index contributed by atoms with van der Waals surface area (Å²) in [5, 5.41) is 11.0. The molecule has 0 spiro atoms. The molecule has 0 saturated heterocycles. The first kappa shape index (κ1) is 10.1. The van der Waals surface area contributed by atoms with Gasteiger partial charge in [0.05, 0.1) is 11.2 Å². The molecular formula is C9H7IN4O. The highest BCUT2D eigenvalue weighted by molar-refractivity contribution is 14.1. The molecular weight excluding hydrogens is 307 g/mol. The summed E-state index contributed by atoms with van der Waals surface area (Å²) in [6, 6.07) is 5.66. The van der Waals surface area contributed by atoms with Crippen LogP contribution in [0.15, 0.2) is 18.2 Å². The van der Waals surface area contributed by atoms with E-state index in [0.29, 0.717) is 23.4 Å². The number of hydrogen-bond acceptors (Lipinski definition) is 4. The Labute approximate surface area is 99.2 Å². The van der Waals surface area contributed by atoms with Crippen LogP contribution in [-0.2, 0) is 4.79 Å². The first-order valence-corrected chi connectivity index (χ1v) is 5.22. The van der Waals surface area contributed by atoms with Crippen molar-refractivity contribution in [2.24, 2.45) is 0 Å². The van der Waals surface area contributed by atoms with Gasteiger partial charge >= 0.3 is 0 Å².